The molecule has 2 N–H and O–H groups in total. The molecular formula is C24H34N4O. The summed E-state index contributed by atoms with van der Waals surface area (Å²) in [6, 6.07) is 17.4. The number of rotatable bonds is 8. The largest absolute Gasteiger partial charge is 0.380 e. The van der Waals surface area contributed by atoms with Crippen molar-refractivity contribution in [2.24, 2.45) is 4.99 Å². The summed E-state index contributed by atoms with van der Waals surface area (Å²) in [5, 5.41) is 6.77. The summed E-state index contributed by atoms with van der Waals surface area (Å²) in [4.78, 5) is 6.89. The Bertz CT molecular complexity index is 749. The van der Waals surface area contributed by atoms with E-state index in [1.54, 1.807) is 14.2 Å². The van der Waals surface area contributed by atoms with Gasteiger partial charge in [0.15, 0.2) is 5.96 Å². The van der Waals surface area contributed by atoms with Gasteiger partial charge in [0.1, 0.15) is 0 Å². The maximum Gasteiger partial charge on any atom is 0.191 e. The molecule has 5 heteroatoms. The van der Waals surface area contributed by atoms with E-state index in [1.165, 1.54) is 54.6 Å². The molecule has 0 aliphatic carbocycles. The van der Waals surface area contributed by atoms with E-state index in [0.717, 1.165) is 25.6 Å². The third kappa shape index (κ3) is 7.18. The molecule has 0 atom stereocenters. The molecule has 5 nitrogen and oxygen atoms in total. The lowest BCUT2D eigenvalue weighted by Crippen LogP contribution is -2.36. The monoisotopic (exact) mass is 394 g/mol. The molecule has 0 aromatic heterocycles. The second-order valence-electron chi connectivity index (χ2n) is 7.68. The number of hydrogen-bond donors (Lipinski definition) is 2. The number of ether oxygens (including phenoxy) is 1. The Hall–Kier alpha value is -2.37. The van der Waals surface area contributed by atoms with Crippen molar-refractivity contribution in [1.82, 2.24) is 15.5 Å². The highest BCUT2D eigenvalue weighted by atomic mass is 16.5. The fourth-order valence-corrected chi connectivity index (χ4v) is 3.65. The Morgan fingerprint density at radius 1 is 0.828 bits per heavy atom. The minimum Gasteiger partial charge on any atom is -0.380 e. The molecule has 156 valence electrons. The van der Waals surface area contributed by atoms with Crippen molar-refractivity contribution in [2.45, 2.75) is 45.5 Å². The molecule has 1 aliphatic heterocycles. The number of methoxy groups -OCH3 is 1. The number of aliphatic imine (C=N–C) groups is 1. The molecule has 29 heavy (non-hydrogen) atoms. The van der Waals surface area contributed by atoms with Gasteiger partial charge in [-0.05, 0) is 48.2 Å². The Morgan fingerprint density at radius 2 is 1.34 bits per heavy atom. The van der Waals surface area contributed by atoms with E-state index in [-0.39, 0.29) is 0 Å². The summed E-state index contributed by atoms with van der Waals surface area (Å²) in [5.74, 6) is 0.809. The summed E-state index contributed by atoms with van der Waals surface area (Å²) in [6.45, 7) is 5.69. The van der Waals surface area contributed by atoms with Crippen LogP contribution < -0.4 is 10.6 Å². The van der Waals surface area contributed by atoms with E-state index < -0.39 is 0 Å². The second-order valence-corrected chi connectivity index (χ2v) is 7.68. The highest BCUT2D eigenvalue weighted by Crippen LogP contribution is 2.13. The zero-order valence-electron chi connectivity index (χ0n) is 17.8. The van der Waals surface area contributed by atoms with E-state index in [2.05, 4.69) is 69.1 Å². The molecule has 2 aromatic rings. The highest BCUT2D eigenvalue weighted by Gasteiger charge is 2.10. The van der Waals surface area contributed by atoms with Gasteiger partial charge in [-0.2, -0.15) is 0 Å². The van der Waals surface area contributed by atoms with Crippen molar-refractivity contribution >= 4 is 5.96 Å². The van der Waals surface area contributed by atoms with Crippen LogP contribution >= 0.6 is 0 Å². The quantitative estimate of drug-likeness (QED) is 0.530. The van der Waals surface area contributed by atoms with Crippen LogP contribution in [-0.2, 0) is 31.0 Å². The fourth-order valence-electron chi connectivity index (χ4n) is 3.65. The molecule has 0 saturated carbocycles. The third-order valence-electron chi connectivity index (χ3n) is 5.36. The molecule has 1 fully saturated rings. The maximum absolute atomic E-state index is 5.16. The van der Waals surface area contributed by atoms with Crippen molar-refractivity contribution in [3.63, 3.8) is 0 Å². The van der Waals surface area contributed by atoms with Crippen LogP contribution in [-0.4, -0.2) is 38.1 Å². The van der Waals surface area contributed by atoms with Crippen LogP contribution in [0.3, 0.4) is 0 Å². The lowest BCUT2D eigenvalue weighted by molar-refractivity contribution is 0.185. The molecule has 0 spiro atoms. The van der Waals surface area contributed by atoms with Crippen LogP contribution in [0.4, 0.5) is 0 Å². The van der Waals surface area contributed by atoms with Crippen LogP contribution in [0.1, 0.15) is 41.5 Å². The number of nitrogens with zero attached hydrogens (tertiary/aromatic N) is 2. The van der Waals surface area contributed by atoms with Crippen molar-refractivity contribution in [3.8, 4) is 0 Å². The summed E-state index contributed by atoms with van der Waals surface area (Å²) in [5.41, 5.74) is 5.06. The zero-order chi connectivity index (χ0) is 20.3. The molecule has 0 radical (unpaired) electrons. The SMILES string of the molecule is CN=C(NCc1ccc(COC)cc1)NCc1ccc(CN2CCCCC2)cc1. The van der Waals surface area contributed by atoms with Gasteiger partial charge in [0.25, 0.3) is 0 Å². The fraction of sp³-hybridized carbons (Fsp3) is 0.458. The molecule has 0 bridgehead atoms. The molecule has 1 saturated heterocycles. The zero-order valence-corrected chi connectivity index (χ0v) is 17.8. The number of guanidine groups is 1. The Balaban J connectivity index is 1.42. The molecule has 1 heterocycles. The first-order valence-electron chi connectivity index (χ1n) is 10.6. The van der Waals surface area contributed by atoms with Gasteiger partial charge < -0.3 is 15.4 Å². The first-order chi connectivity index (χ1) is 14.3. The minimum absolute atomic E-state index is 0.647. The summed E-state index contributed by atoms with van der Waals surface area (Å²) in [6.07, 6.45) is 4.06. The Morgan fingerprint density at radius 3 is 1.86 bits per heavy atom. The number of benzene rings is 2. The summed E-state index contributed by atoms with van der Waals surface area (Å²) >= 11 is 0. The second kappa shape index (κ2) is 11.6. The van der Waals surface area contributed by atoms with Gasteiger partial charge in [0.05, 0.1) is 6.61 Å². The van der Waals surface area contributed by atoms with E-state index in [1.807, 2.05) is 0 Å². The van der Waals surface area contributed by atoms with E-state index >= 15 is 0 Å². The van der Waals surface area contributed by atoms with Crippen LogP contribution in [0, 0.1) is 0 Å². The van der Waals surface area contributed by atoms with Gasteiger partial charge in [0, 0.05) is 33.8 Å². The lowest BCUT2D eigenvalue weighted by Gasteiger charge is -2.26. The predicted octanol–water partition coefficient (Wildman–Crippen LogP) is 3.68. The van der Waals surface area contributed by atoms with Crippen LogP contribution in [0.25, 0.3) is 0 Å². The molecule has 0 unspecified atom stereocenters. The van der Waals surface area contributed by atoms with Gasteiger partial charge in [-0.1, -0.05) is 55.0 Å². The van der Waals surface area contributed by atoms with Crippen molar-refractivity contribution in [2.75, 3.05) is 27.2 Å². The number of hydrogen-bond acceptors (Lipinski definition) is 3. The van der Waals surface area contributed by atoms with Crippen LogP contribution in [0.5, 0.6) is 0 Å². The third-order valence-corrected chi connectivity index (χ3v) is 5.36. The molecule has 2 aromatic carbocycles. The normalized spacial score (nSPS) is 15.3. The van der Waals surface area contributed by atoms with Gasteiger partial charge in [-0.15, -0.1) is 0 Å². The van der Waals surface area contributed by atoms with Gasteiger partial charge >= 0.3 is 0 Å². The number of nitrogens with one attached hydrogen (secondary N) is 2. The molecule has 1 aliphatic rings. The smallest absolute Gasteiger partial charge is 0.191 e. The molecule has 0 amide bonds. The van der Waals surface area contributed by atoms with E-state index in [4.69, 9.17) is 4.74 Å². The standard InChI is InChI=1S/C24H34N4O/c1-25-24(27-17-21-8-12-23(13-9-21)19-29-2)26-16-20-6-10-22(11-7-20)18-28-14-4-3-5-15-28/h6-13H,3-5,14-19H2,1-2H3,(H2,25,26,27). The average molecular weight is 395 g/mol. The Labute approximate surface area is 175 Å². The predicted molar refractivity (Wildman–Crippen MR) is 120 cm³/mol. The van der Waals surface area contributed by atoms with Crippen LogP contribution in [0.2, 0.25) is 0 Å². The topological polar surface area (TPSA) is 48.9 Å². The van der Waals surface area contributed by atoms with Gasteiger partial charge in [-0.25, -0.2) is 0 Å². The van der Waals surface area contributed by atoms with Crippen molar-refractivity contribution in [3.05, 3.63) is 70.8 Å². The first-order valence-corrected chi connectivity index (χ1v) is 10.6. The number of piperidine rings is 1. The van der Waals surface area contributed by atoms with E-state index in [9.17, 15) is 0 Å². The van der Waals surface area contributed by atoms with Gasteiger partial charge in [-0.3, -0.25) is 9.89 Å². The van der Waals surface area contributed by atoms with Crippen molar-refractivity contribution in [1.29, 1.82) is 0 Å². The number of likely N-dealkylation sites (tertiary alicyclic amines) is 1. The lowest BCUT2D eigenvalue weighted by atomic mass is 10.1. The first kappa shape index (κ1) is 21.3. The Kier molecular flexibility index (Phi) is 8.53. The van der Waals surface area contributed by atoms with Crippen molar-refractivity contribution < 1.29 is 4.74 Å². The molecule has 3 rings (SSSR count). The minimum atomic E-state index is 0.647. The highest BCUT2D eigenvalue weighted by molar-refractivity contribution is 5.79. The average Bonchev–Trinajstić information content (AvgIpc) is 2.77. The summed E-state index contributed by atoms with van der Waals surface area (Å²) < 4.78 is 5.16. The van der Waals surface area contributed by atoms with E-state index in [0.29, 0.717) is 6.61 Å². The van der Waals surface area contributed by atoms with Crippen LogP contribution in [0.15, 0.2) is 53.5 Å². The maximum atomic E-state index is 5.16. The van der Waals surface area contributed by atoms with Gasteiger partial charge in [0.2, 0.25) is 0 Å². The molecular weight excluding hydrogens is 360 g/mol. The summed E-state index contributed by atoms with van der Waals surface area (Å²) in [7, 11) is 3.52.